The molecule has 0 saturated carbocycles. The molecule has 0 atom stereocenters. The Morgan fingerprint density at radius 3 is 2.73 bits per heavy atom. The van der Waals surface area contributed by atoms with E-state index in [2.05, 4.69) is 26.3 Å². The second kappa shape index (κ2) is 7.16. The zero-order valence-corrected chi connectivity index (χ0v) is 15.2. The predicted molar refractivity (Wildman–Crippen MR) is 92.1 cm³/mol. The van der Waals surface area contributed by atoms with Crippen LogP contribution in [0.15, 0.2) is 51.6 Å². The maximum atomic E-state index is 12.8. The fourth-order valence-electron chi connectivity index (χ4n) is 2.15. The zero-order chi connectivity index (χ0) is 18.9. The van der Waals surface area contributed by atoms with E-state index in [0.717, 1.165) is 22.7 Å². The molecule has 3 rings (SSSR count). The molecule has 10 heteroatoms. The zero-order valence-electron chi connectivity index (χ0n) is 12.8. The number of aromatic nitrogens is 2. The van der Waals surface area contributed by atoms with Gasteiger partial charge in [-0.05, 0) is 46.3 Å². The summed E-state index contributed by atoms with van der Waals surface area (Å²) in [6, 6.07) is 5.68. The predicted octanol–water partition coefficient (Wildman–Crippen LogP) is 5.21. The van der Waals surface area contributed by atoms with Crippen molar-refractivity contribution >= 4 is 39.1 Å². The van der Waals surface area contributed by atoms with E-state index in [-0.39, 0.29) is 16.5 Å². The first-order valence-corrected chi connectivity index (χ1v) is 8.34. The average molecular weight is 449 g/mol. The van der Waals surface area contributed by atoms with E-state index in [1.54, 1.807) is 23.1 Å². The van der Waals surface area contributed by atoms with E-state index >= 15 is 0 Å². The molecule has 2 aromatic heterocycles. The smallest absolute Gasteiger partial charge is 0.416 e. The molecule has 0 fully saturated rings. The number of carbonyl (C=O) groups excluding carboxylic acids is 1. The third-order valence-corrected chi connectivity index (χ3v) is 4.09. The van der Waals surface area contributed by atoms with Crippen molar-refractivity contribution in [1.82, 2.24) is 9.78 Å². The number of benzene rings is 1. The largest absolute Gasteiger partial charge is 0.454 e. The molecule has 0 aliphatic heterocycles. The lowest BCUT2D eigenvalue weighted by Gasteiger charge is -2.11. The Labute approximate surface area is 158 Å². The first-order valence-electron chi connectivity index (χ1n) is 7.17. The molecular formula is C16H10BrClF3N3O2. The van der Waals surface area contributed by atoms with Crippen molar-refractivity contribution in [3.8, 4) is 0 Å². The summed E-state index contributed by atoms with van der Waals surface area (Å²) in [6.45, 7) is 0.295. The van der Waals surface area contributed by atoms with Gasteiger partial charge in [-0.2, -0.15) is 18.3 Å². The van der Waals surface area contributed by atoms with Crippen molar-refractivity contribution in [3.05, 3.63) is 69.3 Å². The lowest BCUT2D eigenvalue weighted by molar-refractivity contribution is -0.137. The minimum atomic E-state index is -4.54. The Hall–Kier alpha value is -2.26. The molecule has 0 aliphatic carbocycles. The standard InChI is InChI=1S/C16H10BrClF3N3O2/c17-10-6-22-24(7-10)8-11-2-4-14(26-11)15(25)23-13-5-9(16(19,20)21)1-3-12(13)18/h1-7H,8H2,(H,23,25). The third-order valence-electron chi connectivity index (χ3n) is 3.35. The van der Waals surface area contributed by atoms with Gasteiger partial charge in [0.15, 0.2) is 5.76 Å². The Morgan fingerprint density at radius 1 is 1.31 bits per heavy atom. The first-order chi connectivity index (χ1) is 12.2. The normalized spacial score (nSPS) is 11.6. The lowest BCUT2D eigenvalue weighted by Crippen LogP contribution is -2.13. The summed E-state index contributed by atoms with van der Waals surface area (Å²) in [5, 5.41) is 6.37. The van der Waals surface area contributed by atoms with Crippen LogP contribution in [-0.4, -0.2) is 15.7 Å². The fraction of sp³-hybridized carbons (Fsp3) is 0.125. The van der Waals surface area contributed by atoms with Gasteiger partial charge in [0.25, 0.3) is 5.91 Å². The minimum absolute atomic E-state index is 0.0143. The van der Waals surface area contributed by atoms with Crippen molar-refractivity contribution in [2.75, 3.05) is 5.32 Å². The van der Waals surface area contributed by atoms with Gasteiger partial charge in [0.05, 0.1) is 33.5 Å². The SMILES string of the molecule is O=C(Nc1cc(C(F)(F)F)ccc1Cl)c1ccc(Cn2cc(Br)cn2)o1. The summed E-state index contributed by atoms with van der Waals surface area (Å²) in [4.78, 5) is 12.2. The highest BCUT2D eigenvalue weighted by atomic mass is 79.9. The highest BCUT2D eigenvalue weighted by molar-refractivity contribution is 9.10. The lowest BCUT2D eigenvalue weighted by atomic mass is 10.2. The summed E-state index contributed by atoms with van der Waals surface area (Å²) in [6.07, 6.45) is -1.21. The number of rotatable bonds is 4. The quantitative estimate of drug-likeness (QED) is 0.596. The highest BCUT2D eigenvalue weighted by Crippen LogP contribution is 2.34. The van der Waals surface area contributed by atoms with Gasteiger partial charge in [-0.1, -0.05) is 11.6 Å². The van der Waals surface area contributed by atoms with Crippen molar-refractivity contribution in [3.63, 3.8) is 0 Å². The minimum Gasteiger partial charge on any atom is -0.454 e. The number of anilines is 1. The van der Waals surface area contributed by atoms with Gasteiger partial charge in [-0.15, -0.1) is 0 Å². The second-order valence-corrected chi connectivity index (χ2v) is 6.59. The van der Waals surface area contributed by atoms with Crippen LogP contribution in [0.3, 0.4) is 0 Å². The van der Waals surface area contributed by atoms with Gasteiger partial charge >= 0.3 is 6.18 Å². The van der Waals surface area contributed by atoms with Crippen molar-refractivity contribution < 1.29 is 22.4 Å². The van der Waals surface area contributed by atoms with Crippen LogP contribution in [0.4, 0.5) is 18.9 Å². The summed E-state index contributed by atoms with van der Waals surface area (Å²) < 4.78 is 46.2. The molecule has 0 radical (unpaired) electrons. The number of nitrogens with zero attached hydrogens (tertiary/aromatic N) is 2. The van der Waals surface area contributed by atoms with Crippen LogP contribution in [0.25, 0.3) is 0 Å². The highest BCUT2D eigenvalue weighted by Gasteiger charge is 2.31. The van der Waals surface area contributed by atoms with E-state index in [1.807, 2.05) is 0 Å². The van der Waals surface area contributed by atoms with Crippen molar-refractivity contribution in [2.45, 2.75) is 12.7 Å². The molecule has 3 aromatic rings. The molecule has 136 valence electrons. The van der Waals surface area contributed by atoms with Gasteiger partial charge in [-0.25, -0.2) is 0 Å². The van der Waals surface area contributed by atoms with E-state index in [0.29, 0.717) is 12.3 Å². The van der Waals surface area contributed by atoms with Gasteiger partial charge < -0.3 is 9.73 Å². The van der Waals surface area contributed by atoms with Crippen LogP contribution < -0.4 is 5.32 Å². The number of hydrogen-bond donors (Lipinski definition) is 1. The maximum absolute atomic E-state index is 12.8. The maximum Gasteiger partial charge on any atom is 0.416 e. The summed E-state index contributed by atoms with van der Waals surface area (Å²) >= 11 is 9.13. The van der Waals surface area contributed by atoms with Crippen LogP contribution in [-0.2, 0) is 12.7 Å². The average Bonchev–Trinajstić information content (AvgIpc) is 3.18. The van der Waals surface area contributed by atoms with Crippen molar-refractivity contribution in [2.24, 2.45) is 0 Å². The molecule has 0 saturated heterocycles. The molecule has 1 amide bonds. The molecule has 2 heterocycles. The number of hydrogen-bond acceptors (Lipinski definition) is 3. The number of nitrogens with one attached hydrogen (secondary N) is 1. The third kappa shape index (κ3) is 4.28. The van der Waals surface area contributed by atoms with Gasteiger partial charge in [-0.3, -0.25) is 9.48 Å². The fourth-order valence-corrected chi connectivity index (χ4v) is 2.64. The van der Waals surface area contributed by atoms with E-state index < -0.39 is 17.6 Å². The van der Waals surface area contributed by atoms with Crippen LogP contribution in [0, 0.1) is 0 Å². The topological polar surface area (TPSA) is 60.1 Å². The number of carbonyl (C=O) groups is 1. The molecule has 1 aromatic carbocycles. The Kier molecular flexibility index (Phi) is 5.10. The molecule has 0 spiro atoms. The number of furan rings is 1. The van der Waals surface area contributed by atoms with Gasteiger partial charge in [0.1, 0.15) is 5.76 Å². The molecule has 26 heavy (non-hydrogen) atoms. The van der Waals surface area contributed by atoms with E-state index in [9.17, 15) is 18.0 Å². The molecule has 0 bridgehead atoms. The van der Waals surface area contributed by atoms with Crippen molar-refractivity contribution in [1.29, 1.82) is 0 Å². The summed E-state index contributed by atoms with van der Waals surface area (Å²) in [5.41, 5.74) is -1.07. The monoisotopic (exact) mass is 447 g/mol. The first kappa shape index (κ1) is 18.5. The van der Waals surface area contributed by atoms with Crippen LogP contribution in [0.2, 0.25) is 5.02 Å². The molecule has 1 N–H and O–H groups in total. The summed E-state index contributed by atoms with van der Waals surface area (Å²) in [7, 11) is 0. The van der Waals surface area contributed by atoms with Gasteiger partial charge in [0.2, 0.25) is 0 Å². The second-order valence-electron chi connectivity index (χ2n) is 5.27. The Morgan fingerprint density at radius 2 is 2.08 bits per heavy atom. The van der Waals surface area contributed by atoms with Crippen LogP contribution in [0.1, 0.15) is 21.9 Å². The van der Waals surface area contributed by atoms with Crippen LogP contribution >= 0.6 is 27.5 Å². The summed E-state index contributed by atoms with van der Waals surface area (Å²) in [5.74, 6) is -0.306. The molecular weight excluding hydrogens is 439 g/mol. The Balaban J connectivity index is 1.74. The Bertz CT molecular complexity index is 952. The number of alkyl halides is 3. The molecule has 5 nitrogen and oxygen atoms in total. The number of amides is 1. The van der Waals surface area contributed by atoms with E-state index in [4.69, 9.17) is 16.0 Å². The van der Waals surface area contributed by atoms with Gasteiger partial charge in [0, 0.05) is 6.20 Å². The van der Waals surface area contributed by atoms with E-state index in [1.165, 1.54) is 6.07 Å². The van der Waals surface area contributed by atoms with Crippen LogP contribution in [0.5, 0.6) is 0 Å². The number of halogens is 5. The molecule has 0 unspecified atom stereocenters. The molecule has 0 aliphatic rings.